The van der Waals surface area contributed by atoms with Gasteiger partial charge in [-0.25, -0.2) is 0 Å². The summed E-state index contributed by atoms with van der Waals surface area (Å²) in [5.74, 6) is 0. The van der Waals surface area contributed by atoms with Crippen molar-refractivity contribution in [2.45, 2.75) is 166 Å². The van der Waals surface area contributed by atoms with E-state index < -0.39 is 43.5 Å². The molecule has 0 unspecified atom stereocenters. The van der Waals surface area contributed by atoms with Crippen molar-refractivity contribution in [1.82, 2.24) is 0 Å². The Morgan fingerprint density at radius 1 is 0.619 bits per heavy atom. The van der Waals surface area contributed by atoms with Crippen LogP contribution in [0.15, 0.2) is 30.3 Å². The summed E-state index contributed by atoms with van der Waals surface area (Å²) in [7, 11) is -8.89. The minimum Gasteiger partial charge on any atom is -0.311 e. The van der Waals surface area contributed by atoms with E-state index in [0.29, 0.717) is 20.2 Å². The van der Waals surface area contributed by atoms with Gasteiger partial charge in [0.1, 0.15) is 0 Å². The molecule has 250 valence electrons. The van der Waals surface area contributed by atoms with E-state index in [0.717, 1.165) is 0 Å². The van der Waals surface area contributed by atoms with Crippen LogP contribution in [0, 0.1) is 0 Å². The SMILES string of the molecule is CC(C)(C)[SiH2]C(C)(C)C.CC(C)(C)[SiH](Cc1ccccc1)C(C)(C)C.CC(C)(C)[SiH](OS(=O)(=O)C(F)(F)F)C(C)(C)C. The van der Waals surface area contributed by atoms with Crippen LogP contribution in [0.25, 0.3) is 0 Å². The van der Waals surface area contributed by atoms with Crippen molar-refractivity contribution in [2.75, 3.05) is 0 Å². The quantitative estimate of drug-likeness (QED) is 0.237. The second-order valence-corrected chi connectivity index (χ2v) is 34.3. The second kappa shape index (κ2) is 15.2. The lowest BCUT2D eigenvalue weighted by molar-refractivity contribution is -0.0504. The maximum absolute atomic E-state index is 12.3. The fourth-order valence-electron chi connectivity index (χ4n) is 6.12. The molecular formula is C32H65F3O3SSi3. The third-order valence-corrected chi connectivity index (χ3v) is 19.2. The fourth-order valence-corrected chi connectivity index (χ4v) is 20.2. The smallest absolute Gasteiger partial charge is 0.311 e. The van der Waals surface area contributed by atoms with E-state index in [-0.39, 0.29) is 9.52 Å². The van der Waals surface area contributed by atoms with Gasteiger partial charge in [0.25, 0.3) is 0 Å². The predicted octanol–water partition coefficient (Wildman–Crippen LogP) is 10.4. The summed E-state index contributed by atoms with van der Waals surface area (Å²) in [5.41, 5.74) is -3.83. The monoisotopic (exact) mass is 670 g/mol. The average Bonchev–Trinajstić information content (AvgIpc) is 2.65. The minimum atomic E-state index is -5.50. The summed E-state index contributed by atoms with van der Waals surface area (Å²) in [6.45, 7) is 38.8. The molecule has 0 aromatic heterocycles. The lowest BCUT2D eigenvalue weighted by atomic mass is 10.2. The number of alkyl halides is 3. The Morgan fingerprint density at radius 3 is 1.17 bits per heavy atom. The molecule has 0 aliphatic heterocycles. The fraction of sp³-hybridized carbons (Fsp3) is 0.812. The van der Waals surface area contributed by atoms with E-state index in [4.69, 9.17) is 0 Å². The van der Waals surface area contributed by atoms with Gasteiger partial charge in [0.05, 0.1) is 8.80 Å². The number of hydrogen-bond donors (Lipinski definition) is 0. The molecule has 3 nitrogen and oxygen atoms in total. The molecule has 0 saturated carbocycles. The zero-order valence-corrected chi connectivity index (χ0v) is 34.8. The number of benzene rings is 1. The summed E-state index contributed by atoms with van der Waals surface area (Å²) in [6, 6.07) is 12.3. The van der Waals surface area contributed by atoms with Gasteiger partial charge in [0.2, 0.25) is 9.04 Å². The molecule has 0 N–H and O–H groups in total. The van der Waals surface area contributed by atoms with E-state index in [1.807, 2.05) is 0 Å². The first-order valence-corrected chi connectivity index (χ1v) is 21.5. The van der Waals surface area contributed by atoms with Crippen molar-refractivity contribution in [3.63, 3.8) is 0 Å². The summed E-state index contributed by atoms with van der Waals surface area (Å²) in [6.07, 6.45) is 0. The molecule has 10 heteroatoms. The maximum atomic E-state index is 12.3. The predicted molar refractivity (Wildman–Crippen MR) is 187 cm³/mol. The molecule has 42 heavy (non-hydrogen) atoms. The van der Waals surface area contributed by atoms with Gasteiger partial charge in [0.15, 0.2) is 0 Å². The van der Waals surface area contributed by atoms with Gasteiger partial charge < -0.3 is 3.87 Å². The molecule has 0 spiro atoms. The van der Waals surface area contributed by atoms with E-state index >= 15 is 0 Å². The molecule has 0 aliphatic rings. The topological polar surface area (TPSA) is 43.4 Å². The molecule has 0 aliphatic carbocycles. The third kappa shape index (κ3) is 19.1. The third-order valence-electron chi connectivity index (χ3n) is 6.51. The zero-order chi connectivity index (χ0) is 34.4. The van der Waals surface area contributed by atoms with Crippen LogP contribution in [0.3, 0.4) is 0 Å². The van der Waals surface area contributed by atoms with Crippen LogP contribution < -0.4 is 0 Å². The van der Waals surface area contributed by atoms with Crippen LogP contribution >= 0.6 is 0 Å². The summed E-state index contributed by atoms with van der Waals surface area (Å²) < 4.78 is 63.4. The van der Waals surface area contributed by atoms with Crippen molar-refractivity contribution in [1.29, 1.82) is 0 Å². The summed E-state index contributed by atoms with van der Waals surface area (Å²) in [4.78, 5) is 0. The van der Waals surface area contributed by atoms with Crippen molar-refractivity contribution < 1.29 is 25.5 Å². The van der Waals surface area contributed by atoms with Crippen molar-refractivity contribution in [2.24, 2.45) is 0 Å². The normalized spacial score (nSPS) is 14.3. The Kier molecular flexibility index (Phi) is 15.9. The molecular weight excluding hydrogens is 606 g/mol. The van der Waals surface area contributed by atoms with Gasteiger partial charge in [-0.15, -0.1) is 0 Å². The van der Waals surface area contributed by atoms with E-state index in [1.54, 1.807) is 41.5 Å². The molecule has 0 fully saturated rings. The Balaban J connectivity index is 0. The standard InChI is InChI=1S/C15H26Si.C9H19F3O3SSi.C8H20Si/c1-14(2,3)16(15(4,5)6)12-13-10-8-7-9-11-13;1-7(2,3)17(8(4,5)6)15-16(13,14)9(10,11)12;1-7(2,3)9-8(4,5)6/h7-11,16H,12H2,1-6H3;17H,1-6H3;9H2,1-6H3. The lowest BCUT2D eigenvalue weighted by Crippen LogP contribution is -2.43. The molecule has 0 amide bonds. The highest BCUT2D eigenvalue weighted by Gasteiger charge is 2.52. The summed E-state index contributed by atoms with van der Waals surface area (Å²) >= 11 is 0. The number of rotatable bonds is 4. The van der Waals surface area contributed by atoms with E-state index in [9.17, 15) is 21.6 Å². The Labute approximate surface area is 264 Å². The molecule has 1 aromatic carbocycles. The summed E-state index contributed by atoms with van der Waals surface area (Å²) in [5, 5.41) is 1.06. The van der Waals surface area contributed by atoms with Crippen LogP contribution in [-0.2, 0) is 20.0 Å². The lowest BCUT2D eigenvalue weighted by Gasteiger charge is -2.39. The van der Waals surface area contributed by atoms with Gasteiger partial charge in [0, 0.05) is 9.52 Å². The highest BCUT2D eigenvalue weighted by molar-refractivity contribution is 7.88. The van der Waals surface area contributed by atoms with Crippen LogP contribution in [0.1, 0.15) is 130 Å². The first-order valence-electron chi connectivity index (χ1n) is 15.0. The first kappa shape index (κ1) is 43.7. The first-order chi connectivity index (χ1) is 18.0. The van der Waals surface area contributed by atoms with Crippen LogP contribution in [0.2, 0.25) is 30.2 Å². The second-order valence-electron chi connectivity index (χ2n) is 18.4. The van der Waals surface area contributed by atoms with Gasteiger partial charge in [-0.1, -0.05) is 161 Å². The van der Waals surface area contributed by atoms with Crippen LogP contribution in [0.5, 0.6) is 0 Å². The van der Waals surface area contributed by atoms with Gasteiger partial charge in [-0.3, -0.25) is 0 Å². The Hall–Kier alpha value is -0.429. The highest BCUT2D eigenvalue weighted by Crippen LogP contribution is 2.45. The molecule has 0 heterocycles. The maximum Gasteiger partial charge on any atom is 0.522 e. The highest BCUT2D eigenvalue weighted by atomic mass is 32.2. The molecule has 0 saturated heterocycles. The largest absolute Gasteiger partial charge is 0.522 e. The van der Waals surface area contributed by atoms with E-state index in [2.05, 4.69) is 117 Å². The molecule has 0 radical (unpaired) electrons. The Morgan fingerprint density at radius 2 is 0.952 bits per heavy atom. The number of halogens is 3. The molecule has 0 bridgehead atoms. The number of hydrogen-bond acceptors (Lipinski definition) is 3. The van der Waals surface area contributed by atoms with Crippen LogP contribution in [-0.4, -0.2) is 41.3 Å². The van der Waals surface area contributed by atoms with Gasteiger partial charge in [-0.2, -0.15) is 21.6 Å². The van der Waals surface area contributed by atoms with Gasteiger partial charge >= 0.3 is 15.6 Å². The molecule has 1 aromatic rings. The van der Waals surface area contributed by atoms with Crippen molar-refractivity contribution in [3.8, 4) is 0 Å². The van der Waals surface area contributed by atoms with Crippen molar-refractivity contribution in [3.05, 3.63) is 35.9 Å². The van der Waals surface area contributed by atoms with Crippen LogP contribution in [0.4, 0.5) is 13.2 Å². The van der Waals surface area contributed by atoms with Gasteiger partial charge in [-0.05, 0) is 36.3 Å². The zero-order valence-electron chi connectivity index (χ0n) is 30.2. The minimum absolute atomic E-state index is 0.0880. The average molecular weight is 671 g/mol. The molecule has 0 atom stereocenters. The van der Waals surface area contributed by atoms with E-state index in [1.165, 1.54) is 11.6 Å². The Bertz CT molecular complexity index is 977. The van der Waals surface area contributed by atoms with Crippen molar-refractivity contribution >= 4 is 37.5 Å². The molecule has 1 rings (SSSR count).